The first-order chi connectivity index (χ1) is 8.76. The number of hydrogen-bond acceptors (Lipinski definition) is 2. The minimum Gasteiger partial charge on any atom is -0.351 e. The topological polar surface area (TPSA) is 55.1 Å². The molecule has 2 saturated carbocycles. The third-order valence-corrected chi connectivity index (χ3v) is 4.27. The van der Waals surface area contributed by atoms with Crippen molar-refractivity contribution in [2.75, 3.05) is 6.54 Å². The van der Waals surface area contributed by atoms with Crippen LogP contribution in [0.15, 0.2) is 30.3 Å². The molecule has 1 amide bonds. The fraction of sp³-hybridized carbons (Fsp3) is 0.533. The van der Waals surface area contributed by atoms with E-state index in [1.807, 2.05) is 18.2 Å². The molecular formula is C15H20N2O. The van der Waals surface area contributed by atoms with E-state index in [1.54, 1.807) is 0 Å². The average molecular weight is 244 g/mol. The number of carbonyl (C=O) groups excluding carboxylic acids is 1. The third kappa shape index (κ3) is 2.03. The van der Waals surface area contributed by atoms with Crippen LogP contribution in [0.25, 0.3) is 0 Å². The van der Waals surface area contributed by atoms with Crippen molar-refractivity contribution in [3.05, 3.63) is 35.9 Å². The minimum atomic E-state index is -0.260. The highest BCUT2D eigenvalue weighted by Crippen LogP contribution is 2.48. The van der Waals surface area contributed by atoms with Gasteiger partial charge < -0.3 is 11.1 Å². The lowest BCUT2D eigenvalue weighted by atomic mass is 9.94. The van der Waals surface area contributed by atoms with Gasteiger partial charge in [0.15, 0.2) is 0 Å². The summed E-state index contributed by atoms with van der Waals surface area (Å²) in [5.74, 6) is 0.793. The predicted molar refractivity (Wildman–Crippen MR) is 71.1 cm³/mol. The van der Waals surface area contributed by atoms with Crippen molar-refractivity contribution in [3.63, 3.8) is 0 Å². The molecule has 3 nitrogen and oxygen atoms in total. The number of rotatable bonds is 5. The molecule has 3 heteroatoms. The van der Waals surface area contributed by atoms with Gasteiger partial charge in [-0.3, -0.25) is 4.79 Å². The maximum absolute atomic E-state index is 12.5. The quantitative estimate of drug-likeness (QED) is 0.826. The number of carbonyl (C=O) groups is 1. The van der Waals surface area contributed by atoms with E-state index >= 15 is 0 Å². The fourth-order valence-corrected chi connectivity index (χ4v) is 2.70. The van der Waals surface area contributed by atoms with Crippen LogP contribution in [-0.4, -0.2) is 18.5 Å². The molecule has 0 radical (unpaired) electrons. The van der Waals surface area contributed by atoms with Crippen LogP contribution in [0.5, 0.6) is 0 Å². The van der Waals surface area contributed by atoms with Crippen LogP contribution >= 0.6 is 0 Å². The second-order valence-electron chi connectivity index (χ2n) is 5.60. The Balaban J connectivity index is 1.72. The molecule has 2 fully saturated rings. The van der Waals surface area contributed by atoms with Crippen molar-refractivity contribution >= 4 is 5.91 Å². The summed E-state index contributed by atoms with van der Waals surface area (Å²) in [5.41, 5.74) is 6.64. The van der Waals surface area contributed by atoms with Crippen LogP contribution in [0.3, 0.4) is 0 Å². The number of hydrogen-bond donors (Lipinski definition) is 2. The van der Waals surface area contributed by atoms with Crippen LogP contribution in [-0.2, 0) is 10.2 Å². The average Bonchev–Trinajstić information content (AvgIpc) is 3.30. The van der Waals surface area contributed by atoms with Gasteiger partial charge in [0.1, 0.15) is 0 Å². The van der Waals surface area contributed by atoms with E-state index in [9.17, 15) is 4.79 Å². The summed E-state index contributed by atoms with van der Waals surface area (Å²) in [5, 5.41) is 3.17. The van der Waals surface area contributed by atoms with E-state index in [2.05, 4.69) is 17.4 Å². The van der Waals surface area contributed by atoms with Crippen molar-refractivity contribution in [2.24, 2.45) is 11.7 Å². The Labute approximate surface area is 108 Å². The van der Waals surface area contributed by atoms with Gasteiger partial charge in [0, 0.05) is 12.6 Å². The maximum Gasteiger partial charge on any atom is 0.230 e. The van der Waals surface area contributed by atoms with Gasteiger partial charge in [-0.25, -0.2) is 0 Å². The van der Waals surface area contributed by atoms with Gasteiger partial charge in [0.25, 0.3) is 0 Å². The molecule has 1 unspecified atom stereocenters. The number of benzene rings is 1. The normalized spacial score (nSPS) is 22.3. The molecule has 96 valence electrons. The van der Waals surface area contributed by atoms with E-state index in [0.29, 0.717) is 12.5 Å². The van der Waals surface area contributed by atoms with E-state index < -0.39 is 0 Å². The SMILES string of the molecule is NCC(NC(=O)C1(c2ccccc2)CC1)C1CC1. The van der Waals surface area contributed by atoms with Gasteiger partial charge in [-0.05, 0) is 37.2 Å². The first-order valence-corrected chi connectivity index (χ1v) is 6.83. The van der Waals surface area contributed by atoms with Gasteiger partial charge in [0.05, 0.1) is 5.41 Å². The van der Waals surface area contributed by atoms with E-state index in [1.165, 1.54) is 12.8 Å². The van der Waals surface area contributed by atoms with Crippen molar-refractivity contribution in [1.29, 1.82) is 0 Å². The zero-order valence-electron chi connectivity index (χ0n) is 10.6. The molecule has 1 aromatic rings. The Morgan fingerprint density at radius 3 is 2.50 bits per heavy atom. The van der Waals surface area contributed by atoms with Crippen LogP contribution in [0.1, 0.15) is 31.2 Å². The Bertz CT molecular complexity index is 435. The summed E-state index contributed by atoms with van der Waals surface area (Å²) in [6, 6.07) is 10.3. The lowest BCUT2D eigenvalue weighted by molar-refractivity contribution is -0.124. The molecule has 0 aromatic heterocycles. The monoisotopic (exact) mass is 244 g/mol. The maximum atomic E-state index is 12.5. The molecule has 0 saturated heterocycles. The molecule has 0 spiro atoms. The van der Waals surface area contributed by atoms with E-state index in [4.69, 9.17) is 5.73 Å². The van der Waals surface area contributed by atoms with Crippen molar-refractivity contribution in [1.82, 2.24) is 5.32 Å². The van der Waals surface area contributed by atoms with Crippen molar-refractivity contribution in [3.8, 4) is 0 Å². The molecule has 0 heterocycles. The minimum absolute atomic E-state index is 0.177. The Hall–Kier alpha value is -1.35. The lowest BCUT2D eigenvalue weighted by Gasteiger charge is -2.21. The molecule has 3 rings (SSSR count). The van der Waals surface area contributed by atoms with Crippen LogP contribution in [0.2, 0.25) is 0 Å². The number of nitrogens with one attached hydrogen (secondary N) is 1. The molecule has 1 aromatic carbocycles. The van der Waals surface area contributed by atoms with E-state index in [0.717, 1.165) is 18.4 Å². The van der Waals surface area contributed by atoms with Gasteiger partial charge in [0.2, 0.25) is 5.91 Å². The smallest absolute Gasteiger partial charge is 0.230 e. The van der Waals surface area contributed by atoms with Gasteiger partial charge in [-0.2, -0.15) is 0 Å². The molecule has 2 aliphatic rings. The highest BCUT2D eigenvalue weighted by Gasteiger charge is 2.52. The van der Waals surface area contributed by atoms with Gasteiger partial charge >= 0.3 is 0 Å². The Morgan fingerprint density at radius 1 is 1.33 bits per heavy atom. The third-order valence-electron chi connectivity index (χ3n) is 4.27. The van der Waals surface area contributed by atoms with E-state index in [-0.39, 0.29) is 17.4 Å². The highest BCUT2D eigenvalue weighted by molar-refractivity contribution is 5.91. The molecule has 3 N–H and O–H groups in total. The summed E-state index contributed by atoms with van der Waals surface area (Å²) in [6.45, 7) is 0.557. The standard InChI is InChI=1S/C15H20N2O/c16-10-13(11-6-7-11)17-14(18)15(8-9-15)12-4-2-1-3-5-12/h1-5,11,13H,6-10,16H2,(H,17,18). The molecule has 0 bridgehead atoms. The summed E-state index contributed by atoms with van der Waals surface area (Å²) >= 11 is 0. The Kier molecular flexibility index (Phi) is 2.86. The first-order valence-electron chi connectivity index (χ1n) is 6.83. The van der Waals surface area contributed by atoms with Gasteiger partial charge in [-0.1, -0.05) is 30.3 Å². The second-order valence-corrected chi connectivity index (χ2v) is 5.60. The largest absolute Gasteiger partial charge is 0.351 e. The summed E-state index contributed by atoms with van der Waals surface area (Å²) in [6.07, 6.45) is 4.34. The number of amides is 1. The fourth-order valence-electron chi connectivity index (χ4n) is 2.70. The zero-order chi connectivity index (χ0) is 12.6. The first kappa shape index (κ1) is 11.7. The molecule has 0 aliphatic heterocycles. The molecule has 1 atom stereocenters. The van der Waals surface area contributed by atoms with Crippen LogP contribution < -0.4 is 11.1 Å². The number of nitrogens with two attached hydrogens (primary N) is 1. The highest BCUT2D eigenvalue weighted by atomic mass is 16.2. The summed E-state index contributed by atoms with van der Waals surface area (Å²) < 4.78 is 0. The van der Waals surface area contributed by atoms with Gasteiger partial charge in [-0.15, -0.1) is 0 Å². The molecule has 2 aliphatic carbocycles. The molecular weight excluding hydrogens is 224 g/mol. The lowest BCUT2D eigenvalue weighted by Crippen LogP contribution is -2.46. The summed E-state index contributed by atoms with van der Waals surface area (Å²) in [7, 11) is 0. The predicted octanol–water partition coefficient (Wildman–Crippen LogP) is 1.57. The van der Waals surface area contributed by atoms with Crippen molar-refractivity contribution in [2.45, 2.75) is 37.1 Å². The van der Waals surface area contributed by atoms with Crippen LogP contribution in [0.4, 0.5) is 0 Å². The van der Waals surface area contributed by atoms with Crippen LogP contribution in [0, 0.1) is 5.92 Å². The molecule has 18 heavy (non-hydrogen) atoms. The zero-order valence-corrected chi connectivity index (χ0v) is 10.6. The van der Waals surface area contributed by atoms with Crippen molar-refractivity contribution < 1.29 is 4.79 Å². The summed E-state index contributed by atoms with van der Waals surface area (Å²) in [4.78, 5) is 12.5. The Morgan fingerprint density at radius 2 is 2.00 bits per heavy atom. The second kappa shape index (κ2) is 4.39.